The average molecular weight is 1000 g/mol. The number of carbonyl (C=O) groups is 2. The van der Waals surface area contributed by atoms with Crippen molar-refractivity contribution in [3.05, 3.63) is 0 Å². The molecule has 1 fully saturated rings. The minimum atomic E-state index is -0.170. The molecule has 1 saturated heterocycles. The maximum absolute atomic E-state index is 14.3. The van der Waals surface area contributed by atoms with E-state index in [1.165, 1.54) is 302 Å². The second kappa shape index (κ2) is 53.8. The molecule has 0 aromatic rings. The van der Waals surface area contributed by atoms with E-state index in [9.17, 15) is 9.59 Å². The maximum Gasteiger partial charge on any atom is 0.236 e. The van der Waals surface area contributed by atoms with Crippen LogP contribution in [0.5, 0.6) is 0 Å². The first-order valence-corrected chi connectivity index (χ1v) is 32.7. The Bertz CT molecular complexity index is 1040. The van der Waals surface area contributed by atoms with Crippen molar-refractivity contribution in [3.63, 3.8) is 0 Å². The SMILES string of the molecule is CCCCCCCCCCCCN(CCN(CCCCCCCCC)CCCCCCCCC)CC(=O)N1CCN([C@@H](C=O)N(CCCCCCCCCCCC)CCCCCCCCCCCC)CC1. The summed E-state index contributed by atoms with van der Waals surface area (Å²) in [7, 11) is 0. The monoisotopic (exact) mass is 1000 g/mol. The van der Waals surface area contributed by atoms with Crippen LogP contribution in [0.3, 0.4) is 0 Å². The topological polar surface area (TPSA) is 50.3 Å². The van der Waals surface area contributed by atoms with Crippen LogP contribution in [0.15, 0.2) is 0 Å². The normalized spacial score (nSPS) is 13.9. The molecule has 71 heavy (non-hydrogen) atoms. The first-order chi connectivity index (χ1) is 35.0. The number of hydrogen-bond donors (Lipinski definition) is 0. The first kappa shape index (κ1) is 68.0. The number of rotatable bonds is 57. The van der Waals surface area contributed by atoms with E-state index in [1.54, 1.807) is 0 Å². The van der Waals surface area contributed by atoms with Crippen molar-refractivity contribution in [2.75, 3.05) is 78.5 Å². The van der Waals surface area contributed by atoms with E-state index in [2.05, 4.69) is 59.1 Å². The van der Waals surface area contributed by atoms with Crippen molar-refractivity contribution < 1.29 is 9.59 Å². The molecule has 0 radical (unpaired) electrons. The molecule has 0 aromatic carbocycles. The minimum Gasteiger partial charge on any atom is -0.339 e. The summed E-state index contributed by atoms with van der Waals surface area (Å²) in [5.74, 6) is 0.303. The molecule has 7 nitrogen and oxygen atoms in total. The molecule has 7 heteroatoms. The summed E-state index contributed by atoms with van der Waals surface area (Å²) in [6.45, 7) is 22.7. The lowest BCUT2D eigenvalue weighted by molar-refractivity contribution is -0.136. The van der Waals surface area contributed by atoms with Crippen LogP contribution < -0.4 is 0 Å². The highest BCUT2D eigenvalue weighted by atomic mass is 16.2. The van der Waals surface area contributed by atoms with Crippen LogP contribution in [0.4, 0.5) is 0 Å². The number of nitrogens with zero attached hydrogens (tertiary/aromatic N) is 5. The van der Waals surface area contributed by atoms with Crippen molar-refractivity contribution >= 4 is 12.2 Å². The molecule has 1 atom stereocenters. The van der Waals surface area contributed by atoms with Crippen molar-refractivity contribution in [2.45, 2.75) is 323 Å². The van der Waals surface area contributed by atoms with E-state index >= 15 is 0 Å². The van der Waals surface area contributed by atoms with E-state index in [4.69, 9.17) is 0 Å². The molecule has 1 aliphatic rings. The predicted molar refractivity (Wildman–Crippen MR) is 314 cm³/mol. The number of unbranched alkanes of at least 4 members (excludes halogenated alkanes) is 39. The van der Waals surface area contributed by atoms with Gasteiger partial charge in [-0.05, 0) is 51.7 Å². The minimum absolute atomic E-state index is 0.170. The van der Waals surface area contributed by atoms with Gasteiger partial charge in [0.15, 0.2) is 6.29 Å². The zero-order chi connectivity index (χ0) is 51.3. The van der Waals surface area contributed by atoms with Gasteiger partial charge in [0.05, 0.1) is 6.54 Å². The van der Waals surface area contributed by atoms with Gasteiger partial charge in [0.2, 0.25) is 5.91 Å². The van der Waals surface area contributed by atoms with Crippen LogP contribution in [0.25, 0.3) is 0 Å². The second-order valence-corrected chi connectivity index (χ2v) is 22.9. The van der Waals surface area contributed by atoms with E-state index in [0.29, 0.717) is 12.5 Å². The molecule has 1 amide bonds. The fourth-order valence-corrected chi connectivity index (χ4v) is 11.2. The van der Waals surface area contributed by atoms with Crippen LogP contribution in [-0.2, 0) is 9.59 Å². The van der Waals surface area contributed by atoms with E-state index in [1.807, 2.05) is 0 Å². The Morgan fingerprint density at radius 1 is 0.338 bits per heavy atom. The van der Waals surface area contributed by atoms with Crippen LogP contribution in [0, 0.1) is 0 Å². The number of hydrogen-bond acceptors (Lipinski definition) is 6. The third-order valence-corrected chi connectivity index (χ3v) is 16.2. The zero-order valence-corrected chi connectivity index (χ0v) is 49.3. The van der Waals surface area contributed by atoms with Crippen molar-refractivity contribution in [1.29, 1.82) is 0 Å². The van der Waals surface area contributed by atoms with Crippen molar-refractivity contribution in [2.24, 2.45) is 0 Å². The quantitative estimate of drug-likeness (QED) is 0.0447. The molecular formula is C64H129N5O2. The Morgan fingerprint density at radius 3 is 0.887 bits per heavy atom. The van der Waals surface area contributed by atoms with Gasteiger partial charge in [-0.2, -0.15) is 0 Å². The molecule has 1 aliphatic heterocycles. The summed E-state index contributed by atoms with van der Waals surface area (Å²) >= 11 is 0. The highest BCUT2D eigenvalue weighted by Crippen LogP contribution is 2.18. The molecule has 1 rings (SSSR count). The highest BCUT2D eigenvalue weighted by molar-refractivity contribution is 5.78. The Hall–Kier alpha value is -1.02. The molecule has 0 bridgehead atoms. The van der Waals surface area contributed by atoms with Gasteiger partial charge >= 0.3 is 0 Å². The first-order valence-electron chi connectivity index (χ1n) is 32.7. The van der Waals surface area contributed by atoms with Crippen LogP contribution >= 0.6 is 0 Å². The van der Waals surface area contributed by atoms with Gasteiger partial charge in [-0.3, -0.25) is 19.5 Å². The van der Waals surface area contributed by atoms with Crippen LogP contribution in [0.1, 0.15) is 317 Å². The largest absolute Gasteiger partial charge is 0.339 e. The molecule has 0 aromatic heterocycles. The van der Waals surface area contributed by atoms with E-state index in [-0.39, 0.29) is 6.17 Å². The lowest BCUT2D eigenvalue weighted by atomic mass is 10.1. The van der Waals surface area contributed by atoms with E-state index in [0.717, 1.165) is 58.9 Å². The molecule has 0 aliphatic carbocycles. The van der Waals surface area contributed by atoms with Crippen molar-refractivity contribution in [1.82, 2.24) is 24.5 Å². The summed E-state index contributed by atoms with van der Waals surface area (Å²) in [6.07, 6.45) is 60.3. The Kier molecular flexibility index (Phi) is 51.5. The zero-order valence-electron chi connectivity index (χ0n) is 49.3. The average Bonchev–Trinajstić information content (AvgIpc) is 3.38. The van der Waals surface area contributed by atoms with Gasteiger partial charge in [0.25, 0.3) is 0 Å². The summed E-state index contributed by atoms with van der Waals surface area (Å²) in [5.41, 5.74) is 0. The van der Waals surface area contributed by atoms with Gasteiger partial charge in [-0.1, -0.05) is 285 Å². The number of aldehydes is 1. The summed E-state index contributed by atoms with van der Waals surface area (Å²) < 4.78 is 0. The predicted octanol–water partition coefficient (Wildman–Crippen LogP) is 17.8. The van der Waals surface area contributed by atoms with Crippen LogP contribution in [-0.4, -0.2) is 121 Å². The third kappa shape index (κ3) is 41.9. The van der Waals surface area contributed by atoms with Gasteiger partial charge in [0.1, 0.15) is 6.17 Å². The van der Waals surface area contributed by atoms with Crippen molar-refractivity contribution in [3.8, 4) is 0 Å². The molecule has 0 N–H and O–H groups in total. The summed E-state index contributed by atoms with van der Waals surface area (Å²) in [4.78, 5) is 39.7. The molecule has 0 unspecified atom stereocenters. The smallest absolute Gasteiger partial charge is 0.236 e. The van der Waals surface area contributed by atoms with Gasteiger partial charge < -0.3 is 14.6 Å². The number of amides is 1. The molecular weight excluding hydrogens is 871 g/mol. The number of piperazine rings is 1. The summed E-state index contributed by atoms with van der Waals surface area (Å²) in [5, 5.41) is 0. The number of carbonyl (C=O) groups excluding carboxylic acids is 2. The Labute approximate surface area is 446 Å². The maximum atomic E-state index is 14.3. The lowest BCUT2D eigenvalue weighted by Gasteiger charge is -2.42. The molecule has 0 spiro atoms. The Balaban J connectivity index is 2.89. The lowest BCUT2D eigenvalue weighted by Crippen LogP contribution is -2.58. The summed E-state index contributed by atoms with van der Waals surface area (Å²) in [6, 6.07) is 0. The molecule has 422 valence electrons. The fourth-order valence-electron chi connectivity index (χ4n) is 11.2. The standard InChI is InChI=1S/C64H129N5O2/c1-6-11-16-21-26-29-32-37-42-47-52-66(56-55-65(50-45-40-35-24-19-14-9-4)51-46-41-36-25-20-15-10-5)61-64(71)69-59-57-68(58-60-69)63(62-70)67(53-48-43-38-33-30-27-22-17-12-7-2)54-49-44-39-34-31-28-23-18-13-8-3/h62-63H,6-61H2,1-5H3/t63-/m0/s1. The van der Waals surface area contributed by atoms with E-state index < -0.39 is 0 Å². The Morgan fingerprint density at radius 2 is 0.592 bits per heavy atom. The molecule has 1 heterocycles. The molecule has 0 saturated carbocycles. The second-order valence-electron chi connectivity index (χ2n) is 22.9. The van der Waals surface area contributed by atoms with Crippen LogP contribution in [0.2, 0.25) is 0 Å². The van der Waals surface area contributed by atoms with Gasteiger partial charge in [0, 0.05) is 52.4 Å². The third-order valence-electron chi connectivity index (χ3n) is 16.2. The van der Waals surface area contributed by atoms with Gasteiger partial charge in [-0.25, -0.2) is 0 Å². The van der Waals surface area contributed by atoms with Gasteiger partial charge in [-0.15, -0.1) is 0 Å². The highest BCUT2D eigenvalue weighted by Gasteiger charge is 2.30. The fraction of sp³-hybridized carbons (Fsp3) is 0.969.